The standard InChI is InChI=1S/C19H18N2O2/c1-3-21(4-2)14-11-9-13(10-12-14)20-17-18(22)15-7-5-6-8-16(15)19(17)23/h5-12H,3-4H2,1-2H3. The fourth-order valence-electron chi connectivity index (χ4n) is 2.79. The van der Waals surface area contributed by atoms with Crippen LogP contribution in [0, 0.1) is 0 Å². The van der Waals surface area contributed by atoms with Gasteiger partial charge in [-0.2, -0.15) is 0 Å². The second-order valence-electron chi connectivity index (χ2n) is 5.35. The van der Waals surface area contributed by atoms with Crippen LogP contribution in [0.2, 0.25) is 0 Å². The van der Waals surface area contributed by atoms with Crippen molar-refractivity contribution in [2.75, 3.05) is 18.0 Å². The number of hydrogen-bond acceptors (Lipinski definition) is 4. The summed E-state index contributed by atoms with van der Waals surface area (Å²) < 4.78 is 0. The molecule has 3 aromatic rings. The van der Waals surface area contributed by atoms with E-state index >= 15 is 0 Å². The number of fused-ring (bicyclic) bond motifs is 1. The van der Waals surface area contributed by atoms with Gasteiger partial charge in [-0.15, -0.1) is 0 Å². The van der Waals surface area contributed by atoms with Crippen molar-refractivity contribution in [1.82, 2.24) is 0 Å². The lowest BCUT2D eigenvalue weighted by molar-refractivity contribution is 0.866. The van der Waals surface area contributed by atoms with Gasteiger partial charge in [0.2, 0.25) is 10.9 Å². The predicted molar refractivity (Wildman–Crippen MR) is 94.1 cm³/mol. The molecule has 4 heteroatoms. The van der Waals surface area contributed by atoms with E-state index in [0.717, 1.165) is 18.8 Å². The molecule has 0 aromatic heterocycles. The fourth-order valence-corrected chi connectivity index (χ4v) is 2.79. The topological polar surface area (TPSA) is 49.7 Å². The predicted octanol–water partition coefficient (Wildman–Crippen LogP) is 2.51. The van der Waals surface area contributed by atoms with Crippen LogP contribution >= 0.6 is 0 Å². The van der Waals surface area contributed by atoms with Gasteiger partial charge in [-0.1, -0.05) is 24.3 Å². The van der Waals surface area contributed by atoms with Crippen molar-refractivity contribution in [2.45, 2.75) is 13.8 Å². The quantitative estimate of drug-likeness (QED) is 0.744. The summed E-state index contributed by atoms with van der Waals surface area (Å²) in [5, 5.41) is 0.883. The molecule has 4 nitrogen and oxygen atoms in total. The second-order valence-corrected chi connectivity index (χ2v) is 5.35. The third-order valence-electron chi connectivity index (χ3n) is 4.07. The molecular weight excluding hydrogens is 288 g/mol. The first kappa shape index (κ1) is 15.2. The Hall–Kier alpha value is -2.75. The van der Waals surface area contributed by atoms with E-state index < -0.39 is 0 Å². The minimum Gasteiger partial charge on any atom is -0.372 e. The Balaban J connectivity index is 2.09. The Morgan fingerprint density at radius 3 is 1.83 bits per heavy atom. The van der Waals surface area contributed by atoms with Gasteiger partial charge in [0.05, 0.1) is 5.69 Å². The third kappa shape index (κ3) is 2.68. The first-order chi connectivity index (χ1) is 11.2. The van der Waals surface area contributed by atoms with Crippen LogP contribution < -0.4 is 21.1 Å². The molecule has 0 atom stereocenters. The number of anilines is 1. The SMILES string of the molecule is CCN(CC)c1ccc(N=c2c(=O)c3ccccc3c2=O)cc1. The van der Waals surface area contributed by atoms with Crippen molar-refractivity contribution in [3.63, 3.8) is 0 Å². The smallest absolute Gasteiger partial charge is 0.216 e. The van der Waals surface area contributed by atoms with Crippen LogP contribution in [0.5, 0.6) is 0 Å². The van der Waals surface area contributed by atoms with Crippen LogP contribution in [0.25, 0.3) is 10.8 Å². The van der Waals surface area contributed by atoms with E-state index in [2.05, 4.69) is 23.7 Å². The van der Waals surface area contributed by atoms with Gasteiger partial charge in [0.15, 0.2) is 5.36 Å². The largest absolute Gasteiger partial charge is 0.372 e. The summed E-state index contributed by atoms with van der Waals surface area (Å²) in [4.78, 5) is 31.1. The second kappa shape index (κ2) is 6.16. The van der Waals surface area contributed by atoms with E-state index in [1.807, 2.05) is 24.3 Å². The highest BCUT2D eigenvalue weighted by molar-refractivity contribution is 5.83. The van der Waals surface area contributed by atoms with E-state index in [9.17, 15) is 9.59 Å². The Kier molecular flexibility index (Phi) is 4.06. The van der Waals surface area contributed by atoms with Crippen LogP contribution in [0.15, 0.2) is 63.1 Å². The van der Waals surface area contributed by atoms with Crippen molar-refractivity contribution >= 4 is 22.1 Å². The van der Waals surface area contributed by atoms with Gasteiger partial charge in [0.25, 0.3) is 0 Å². The summed E-state index contributed by atoms with van der Waals surface area (Å²) in [5.74, 6) is 0. The summed E-state index contributed by atoms with van der Waals surface area (Å²) in [6.45, 7) is 6.06. The lowest BCUT2D eigenvalue weighted by Gasteiger charge is -2.20. The maximum atomic E-state index is 12.3. The van der Waals surface area contributed by atoms with Gasteiger partial charge < -0.3 is 4.90 Å². The number of nitrogens with zero attached hydrogens (tertiary/aromatic N) is 2. The van der Waals surface area contributed by atoms with Gasteiger partial charge in [-0.05, 0) is 38.1 Å². The molecule has 0 bridgehead atoms. The highest BCUT2D eigenvalue weighted by Gasteiger charge is 2.10. The van der Waals surface area contributed by atoms with E-state index in [1.54, 1.807) is 24.3 Å². The molecule has 3 aromatic carbocycles. The van der Waals surface area contributed by atoms with E-state index in [-0.39, 0.29) is 16.2 Å². The molecule has 0 unspecified atom stereocenters. The molecule has 0 aliphatic rings. The summed E-state index contributed by atoms with van der Waals surface area (Å²) in [6.07, 6.45) is 0. The summed E-state index contributed by atoms with van der Waals surface area (Å²) >= 11 is 0. The molecule has 23 heavy (non-hydrogen) atoms. The molecule has 0 spiro atoms. The number of rotatable bonds is 4. The normalized spacial score (nSPS) is 10.9. The zero-order chi connectivity index (χ0) is 16.4. The Labute approximate surface area is 134 Å². The number of hydrogen-bond donors (Lipinski definition) is 0. The fraction of sp³-hybridized carbons (Fsp3) is 0.211. The van der Waals surface area contributed by atoms with Crippen molar-refractivity contribution in [1.29, 1.82) is 0 Å². The molecule has 0 fully saturated rings. The van der Waals surface area contributed by atoms with Crippen molar-refractivity contribution in [3.8, 4) is 0 Å². The van der Waals surface area contributed by atoms with Gasteiger partial charge in [0, 0.05) is 29.5 Å². The molecular formula is C19H18N2O2. The third-order valence-corrected chi connectivity index (χ3v) is 4.07. The minimum atomic E-state index is -0.293. The monoisotopic (exact) mass is 306 g/mol. The lowest BCUT2D eigenvalue weighted by Crippen LogP contribution is -2.31. The van der Waals surface area contributed by atoms with Crippen LogP contribution in [0.1, 0.15) is 13.8 Å². The van der Waals surface area contributed by atoms with Crippen molar-refractivity contribution < 1.29 is 0 Å². The van der Waals surface area contributed by atoms with E-state index in [0.29, 0.717) is 16.5 Å². The zero-order valence-corrected chi connectivity index (χ0v) is 13.2. The van der Waals surface area contributed by atoms with Gasteiger partial charge in [0.1, 0.15) is 0 Å². The summed E-state index contributed by atoms with van der Waals surface area (Å²) in [7, 11) is 0. The Morgan fingerprint density at radius 1 is 0.826 bits per heavy atom. The first-order valence-corrected chi connectivity index (χ1v) is 7.77. The molecule has 3 rings (SSSR count). The Morgan fingerprint density at radius 2 is 1.35 bits per heavy atom. The zero-order valence-electron chi connectivity index (χ0n) is 13.2. The van der Waals surface area contributed by atoms with Crippen molar-refractivity contribution in [2.24, 2.45) is 4.99 Å². The molecule has 0 radical (unpaired) electrons. The van der Waals surface area contributed by atoms with Gasteiger partial charge >= 0.3 is 0 Å². The number of benzene rings is 2. The maximum Gasteiger partial charge on any atom is 0.216 e. The highest BCUT2D eigenvalue weighted by Crippen LogP contribution is 2.19. The van der Waals surface area contributed by atoms with Crippen LogP contribution in [-0.2, 0) is 0 Å². The van der Waals surface area contributed by atoms with Gasteiger partial charge in [-0.3, -0.25) is 9.59 Å². The van der Waals surface area contributed by atoms with E-state index in [4.69, 9.17) is 0 Å². The lowest BCUT2D eigenvalue weighted by atomic mass is 10.2. The molecule has 0 amide bonds. The molecule has 0 aliphatic heterocycles. The van der Waals surface area contributed by atoms with Crippen LogP contribution in [-0.4, -0.2) is 13.1 Å². The maximum absolute atomic E-state index is 12.3. The molecule has 0 aliphatic carbocycles. The summed E-state index contributed by atoms with van der Waals surface area (Å²) in [5.41, 5.74) is 1.13. The van der Waals surface area contributed by atoms with E-state index in [1.165, 1.54) is 0 Å². The highest BCUT2D eigenvalue weighted by atomic mass is 16.1. The summed E-state index contributed by atoms with van der Waals surface area (Å²) in [6, 6.07) is 14.4. The molecule has 0 saturated carbocycles. The average molecular weight is 306 g/mol. The molecule has 0 saturated heterocycles. The minimum absolute atomic E-state index is 0.00166. The Bertz CT molecular complexity index is 927. The molecule has 0 N–H and O–H groups in total. The molecule has 116 valence electrons. The van der Waals surface area contributed by atoms with Crippen molar-refractivity contribution in [3.05, 3.63) is 74.3 Å². The van der Waals surface area contributed by atoms with Crippen LogP contribution in [0.3, 0.4) is 0 Å². The average Bonchev–Trinajstić information content (AvgIpc) is 2.83. The first-order valence-electron chi connectivity index (χ1n) is 7.77. The van der Waals surface area contributed by atoms with Gasteiger partial charge in [-0.25, -0.2) is 4.99 Å². The molecule has 0 heterocycles. The van der Waals surface area contributed by atoms with Crippen LogP contribution in [0.4, 0.5) is 11.4 Å².